The van der Waals surface area contributed by atoms with E-state index in [-0.39, 0.29) is 12.0 Å². The summed E-state index contributed by atoms with van der Waals surface area (Å²) in [7, 11) is 0. The zero-order valence-electron chi connectivity index (χ0n) is 12.3. The predicted molar refractivity (Wildman–Crippen MR) is 80.0 cm³/mol. The standard InChI is InChI=1S/C16H18N4O2/c21-16(15-10-17-7-8-19-15)20(12-14-5-3-9-22-14)11-13-4-1-2-6-18-13/h1-2,4,6-8,10,14H,3,5,9,11-12H2/t14-/m1/s1. The average molecular weight is 298 g/mol. The molecule has 1 fully saturated rings. The van der Waals surface area contributed by atoms with Crippen molar-refractivity contribution in [2.75, 3.05) is 13.2 Å². The molecule has 1 atom stereocenters. The summed E-state index contributed by atoms with van der Waals surface area (Å²) in [5.74, 6) is -0.144. The summed E-state index contributed by atoms with van der Waals surface area (Å²) in [6, 6.07) is 5.68. The van der Waals surface area contributed by atoms with Crippen LogP contribution in [0, 0.1) is 0 Å². The van der Waals surface area contributed by atoms with Crippen LogP contribution in [0.2, 0.25) is 0 Å². The Labute approximate surface area is 129 Å². The molecule has 1 saturated heterocycles. The van der Waals surface area contributed by atoms with E-state index in [1.54, 1.807) is 17.3 Å². The number of ether oxygens (including phenoxy) is 1. The van der Waals surface area contributed by atoms with Crippen molar-refractivity contribution in [2.24, 2.45) is 0 Å². The Morgan fingerprint density at radius 1 is 1.27 bits per heavy atom. The van der Waals surface area contributed by atoms with Crippen LogP contribution in [0.3, 0.4) is 0 Å². The molecule has 1 aliphatic heterocycles. The van der Waals surface area contributed by atoms with Gasteiger partial charge in [-0.2, -0.15) is 0 Å². The van der Waals surface area contributed by atoms with Crippen LogP contribution < -0.4 is 0 Å². The summed E-state index contributed by atoms with van der Waals surface area (Å²) in [5.41, 5.74) is 1.19. The van der Waals surface area contributed by atoms with Crippen LogP contribution in [-0.4, -0.2) is 45.0 Å². The molecule has 1 amide bonds. The van der Waals surface area contributed by atoms with Gasteiger partial charge in [-0.05, 0) is 25.0 Å². The number of aromatic nitrogens is 3. The second-order valence-corrected chi connectivity index (χ2v) is 5.23. The fraction of sp³-hybridized carbons (Fsp3) is 0.375. The number of amides is 1. The van der Waals surface area contributed by atoms with E-state index in [9.17, 15) is 4.79 Å². The summed E-state index contributed by atoms with van der Waals surface area (Å²) in [6.45, 7) is 1.75. The van der Waals surface area contributed by atoms with Gasteiger partial charge >= 0.3 is 0 Å². The highest BCUT2D eigenvalue weighted by atomic mass is 16.5. The molecular weight excluding hydrogens is 280 g/mol. The molecule has 2 aromatic heterocycles. The lowest BCUT2D eigenvalue weighted by atomic mass is 10.2. The van der Waals surface area contributed by atoms with Crippen LogP contribution in [0.5, 0.6) is 0 Å². The Hall–Kier alpha value is -2.34. The number of rotatable bonds is 5. The summed E-state index contributed by atoms with van der Waals surface area (Å²) >= 11 is 0. The summed E-state index contributed by atoms with van der Waals surface area (Å²) in [6.07, 6.45) is 8.41. The molecule has 0 bridgehead atoms. The van der Waals surface area contributed by atoms with Gasteiger partial charge in [0.1, 0.15) is 5.69 Å². The topological polar surface area (TPSA) is 68.2 Å². The molecule has 6 nitrogen and oxygen atoms in total. The average Bonchev–Trinajstić information content (AvgIpc) is 3.08. The van der Waals surface area contributed by atoms with E-state index in [4.69, 9.17) is 4.74 Å². The Bertz CT molecular complexity index is 600. The maximum absolute atomic E-state index is 12.7. The van der Waals surface area contributed by atoms with Gasteiger partial charge in [-0.15, -0.1) is 0 Å². The second-order valence-electron chi connectivity index (χ2n) is 5.23. The highest BCUT2D eigenvalue weighted by Crippen LogP contribution is 2.16. The Kier molecular flexibility index (Phi) is 4.70. The van der Waals surface area contributed by atoms with Crippen molar-refractivity contribution in [1.82, 2.24) is 19.9 Å². The Morgan fingerprint density at radius 2 is 2.23 bits per heavy atom. The fourth-order valence-corrected chi connectivity index (χ4v) is 2.51. The molecule has 0 aromatic carbocycles. The van der Waals surface area contributed by atoms with Gasteiger partial charge < -0.3 is 9.64 Å². The predicted octanol–water partition coefficient (Wildman–Crippen LogP) is 1.69. The van der Waals surface area contributed by atoms with Gasteiger partial charge in [-0.1, -0.05) is 6.07 Å². The first-order valence-electron chi connectivity index (χ1n) is 7.40. The van der Waals surface area contributed by atoms with Crippen molar-refractivity contribution < 1.29 is 9.53 Å². The van der Waals surface area contributed by atoms with E-state index in [0.29, 0.717) is 18.8 Å². The maximum Gasteiger partial charge on any atom is 0.274 e. The first kappa shape index (κ1) is 14.6. The molecule has 0 unspecified atom stereocenters. The zero-order chi connectivity index (χ0) is 15.2. The molecule has 1 aliphatic rings. The molecule has 6 heteroatoms. The fourth-order valence-electron chi connectivity index (χ4n) is 2.51. The van der Waals surface area contributed by atoms with E-state index in [1.165, 1.54) is 12.4 Å². The highest BCUT2D eigenvalue weighted by Gasteiger charge is 2.24. The lowest BCUT2D eigenvalue weighted by Crippen LogP contribution is -2.37. The Morgan fingerprint density at radius 3 is 2.91 bits per heavy atom. The van der Waals surface area contributed by atoms with Crippen molar-refractivity contribution in [3.63, 3.8) is 0 Å². The van der Waals surface area contributed by atoms with Crippen molar-refractivity contribution in [1.29, 1.82) is 0 Å². The third kappa shape index (κ3) is 3.65. The minimum atomic E-state index is -0.144. The number of carbonyl (C=O) groups excluding carboxylic acids is 1. The number of hydrogen-bond donors (Lipinski definition) is 0. The quantitative estimate of drug-likeness (QED) is 0.840. The van der Waals surface area contributed by atoms with Crippen molar-refractivity contribution in [3.05, 3.63) is 54.4 Å². The number of hydrogen-bond acceptors (Lipinski definition) is 5. The lowest BCUT2D eigenvalue weighted by Gasteiger charge is -2.24. The van der Waals surface area contributed by atoms with Gasteiger partial charge in [0.05, 0.1) is 24.5 Å². The van der Waals surface area contributed by atoms with Crippen LogP contribution in [0.15, 0.2) is 43.0 Å². The van der Waals surface area contributed by atoms with Crippen LogP contribution in [0.4, 0.5) is 0 Å². The van der Waals surface area contributed by atoms with Gasteiger partial charge in [-0.25, -0.2) is 4.98 Å². The molecule has 3 heterocycles. The van der Waals surface area contributed by atoms with Gasteiger partial charge in [0, 0.05) is 31.7 Å². The number of carbonyl (C=O) groups is 1. The van der Waals surface area contributed by atoms with Crippen LogP contribution in [0.1, 0.15) is 29.0 Å². The van der Waals surface area contributed by atoms with E-state index >= 15 is 0 Å². The van der Waals surface area contributed by atoms with Crippen LogP contribution >= 0.6 is 0 Å². The normalized spacial score (nSPS) is 17.4. The smallest absolute Gasteiger partial charge is 0.274 e. The van der Waals surface area contributed by atoms with Gasteiger partial charge in [0.2, 0.25) is 0 Å². The SMILES string of the molecule is O=C(c1cnccn1)N(Cc1ccccn1)C[C@H]1CCCO1. The largest absolute Gasteiger partial charge is 0.376 e. The molecule has 0 radical (unpaired) electrons. The molecule has 2 aromatic rings. The summed E-state index contributed by atoms with van der Waals surface area (Å²) < 4.78 is 5.66. The molecule has 0 N–H and O–H groups in total. The van der Waals surface area contributed by atoms with Crippen LogP contribution in [0.25, 0.3) is 0 Å². The summed E-state index contributed by atoms with van der Waals surface area (Å²) in [5, 5.41) is 0. The molecule has 0 aliphatic carbocycles. The van der Waals surface area contributed by atoms with Gasteiger partial charge in [0.25, 0.3) is 5.91 Å². The maximum atomic E-state index is 12.7. The molecule has 22 heavy (non-hydrogen) atoms. The van der Waals surface area contributed by atoms with Crippen molar-refractivity contribution in [3.8, 4) is 0 Å². The molecule has 114 valence electrons. The van der Waals surface area contributed by atoms with E-state index in [2.05, 4.69) is 15.0 Å². The first-order chi connectivity index (χ1) is 10.8. The van der Waals surface area contributed by atoms with E-state index < -0.39 is 0 Å². The summed E-state index contributed by atoms with van der Waals surface area (Å²) in [4.78, 5) is 26.8. The molecule has 3 rings (SSSR count). The minimum absolute atomic E-state index is 0.0873. The highest BCUT2D eigenvalue weighted by molar-refractivity contribution is 5.91. The number of nitrogens with zero attached hydrogens (tertiary/aromatic N) is 4. The van der Waals surface area contributed by atoms with Gasteiger partial charge in [0.15, 0.2) is 0 Å². The third-order valence-corrected chi connectivity index (χ3v) is 3.60. The first-order valence-corrected chi connectivity index (χ1v) is 7.40. The zero-order valence-corrected chi connectivity index (χ0v) is 12.3. The second kappa shape index (κ2) is 7.09. The van der Waals surface area contributed by atoms with E-state index in [1.807, 2.05) is 18.2 Å². The molecule has 0 saturated carbocycles. The Balaban J connectivity index is 1.77. The third-order valence-electron chi connectivity index (χ3n) is 3.60. The van der Waals surface area contributed by atoms with Crippen molar-refractivity contribution in [2.45, 2.75) is 25.5 Å². The molecule has 0 spiro atoms. The number of pyridine rings is 1. The monoisotopic (exact) mass is 298 g/mol. The van der Waals surface area contributed by atoms with Crippen LogP contribution in [-0.2, 0) is 11.3 Å². The minimum Gasteiger partial charge on any atom is -0.376 e. The molecular formula is C16H18N4O2. The van der Waals surface area contributed by atoms with E-state index in [0.717, 1.165) is 25.1 Å². The lowest BCUT2D eigenvalue weighted by molar-refractivity contribution is 0.0499. The van der Waals surface area contributed by atoms with Crippen molar-refractivity contribution >= 4 is 5.91 Å². The van der Waals surface area contributed by atoms with Gasteiger partial charge in [-0.3, -0.25) is 14.8 Å².